The summed E-state index contributed by atoms with van der Waals surface area (Å²) in [6, 6.07) is -5.49. The third-order valence-electron chi connectivity index (χ3n) is 12.9. The SMILES string of the molecule is CO[C@H]1OC(COS(=O)(=O)O)[C@@H](O[C@H]2CC[C@H](COC[C@H]3OC(COS(=O)(=O)O)[C@@H](O[C@H]4C[C@H](O)[C@H](COC[C@H]5OC(COS(=O)(=O)O)[C@@H](O)C(O)[C@@H]5NS(=O)(=O)O)C(C(=O)O)O4)C[C@@H]3NS(=O)(=O)O)C(C(=O)O)O2)C(O)[C@@H]1NS(=O)(=O)O. The van der Waals surface area contributed by atoms with Gasteiger partial charge in [-0.05, 0) is 19.3 Å². The molecule has 48 heteroatoms. The van der Waals surface area contributed by atoms with E-state index in [9.17, 15) is 109 Å². The normalized spacial score (nSPS) is 37.2. The topological polar surface area (TPSA) is 638 Å². The molecule has 5 rings (SSSR count). The molecule has 5 aliphatic rings. The molecule has 0 bridgehead atoms. The molecule has 7 unspecified atom stereocenters. The summed E-state index contributed by atoms with van der Waals surface area (Å²) in [5, 5.41) is 63.7. The van der Waals surface area contributed by atoms with Crippen LogP contribution >= 0.6 is 0 Å². The summed E-state index contributed by atoms with van der Waals surface area (Å²) in [6.45, 7) is -6.48. The number of carbonyl (C=O) groups is 2. The van der Waals surface area contributed by atoms with Crippen LogP contribution in [-0.2, 0) is 132 Å². The Kier molecular flexibility index (Phi) is 25.2. The molecule has 5 aliphatic heterocycles. The average Bonchev–Trinajstić information content (AvgIpc) is 3.53. The van der Waals surface area contributed by atoms with Gasteiger partial charge in [0.2, 0.25) is 0 Å². The summed E-state index contributed by atoms with van der Waals surface area (Å²) in [6.07, 6.45) is -31.5. The van der Waals surface area contributed by atoms with Gasteiger partial charge in [0.15, 0.2) is 31.1 Å². The van der Waals surface area contributed by atoms with Crippen LogP contribution in [-0.4, -0.2) is 290 Å². The van der Waals surface area contributed by atoms with Crippen molar-refractivity contribution in [2.75, 3.05) is 53.4 Å². The maximum Gasteiger partial charge on any atom is 0.397 e. The van der Waals surface area contributed by atoms with Crippen molar-refractivity contribution in [1.82, 2.24) is 14.2 Å². The molecule has 0 spiro atoms. The molecule has 42 nitrogen and oxygen atoms in total. The van der Waals surface area contributed by atoms with Crippen molar-refractivity contribution in [3.8, 4) is 0 Å². The van der Waals surface area contributed by atoms with Crippen molar-refractivity contribution >= 4 is 74.0 Å². The Morgan fingerprint density at radius 3 is 1.54 bits per heavy atom. The first-order valence-electron chi connectivity index (χ1n) is 23.6. The molecule has 5 saturated heterocycles. The Hall–Kier alpha value is -2.40. The van der Waals surface area contributed by atoms with Crippen LogP contribution in [0.5, 0.6) is 0 Å². The minimum absolute atomic E-state index is 0.196. The van der Waals surface area contributed by atoms with Crippen LogP contribution in [0.1, 0.15) is 25.7 Å². The summed E-state index contributed by atoms with van der Waals surface area (Å²) >= 11 is 0. The molecule has 0 radical (unpaired) electrons. The molecular weight excluding hydrogens is 1280 g/mol. The maximum atomic E-state index is 12.5. The van der Waals surface area contributed by atoms with Gasteiger partial charge in [-0.3, -0.25) is 27.3 Å². The zero-order valence-corrected chi connectivity index (χ0v) is 47.1. The van der Waals surface area contributed by atoms with Crippen LogP contribution in [0.3, 0.4) is 0 Å². The van der Waals surface area contributed by atoms with Crippen molar-refractivity contribution in [2.24, 2.45) is 11.8 Å². The smallest absolute Gasteiger partial charge is 0.397 e. The number of aliphatic hydroxyl groups excluding tert-OH is 4. The van der Waals surface area contributed by atoms with Gasteiger partial charge in [0.05, 0.1) is 76.6 Å². The first-order valence-corrected chi connectivity index (χ1v) is 32.1. The van der Waals surface area contributed by atoms with E-state index in [0.29, 0.717) is 0 Å². The minimum Gasteiger partial charge on any atom is -0.479 e. The number of rotatable bonds is 30. The molecule has 5 fully saturated rings. The Morgan fingerprint density at radius 1 is 0.494 bits per heavy atom. The number of aliphatic hydroxyl groups is 4. The van der Waals surface area contributed by atoms with E-state index in [0.717, 1.165) is 7.11 Å². The fourth-order valence-electron chi connectivity index (χ4n) is 9.36. The summed E-state index contributed by atoms with van der Waals surface area (Å²) < 4.78 is 269. The number of nitrogens with one attached hydrogen (secondary N) is 3. The van der Waals surface area contributed by atoms with Crippen molar-refractivity contribution in [1.29, 1.82) is 0 Å². The van der Waals surface area contributed by atoms with Crippen LogP contribution in [0.25, 0.3) is 0 Å². The number of hydrogen-bond donors (Lipinski definition) is 15. The van der Waals surface area contributed by atoms with Gasteiger partial charge < -0.3 is 78.0 Å². The summed E-state index contributed by atoms with van der Waals surface area (Å²) in [5.41, 5.74) is 0. The van der Waals surface area contributed by atoms with Crippen molar-refractivity contribution in [3.05, 3.63) is 0 Å². The summed E-state index contributed by atoms with van der Waals surface area (Å²) in [5.74, 6) is -6.17. The van der Waals surface area contributed by atoms with E-state index in [4.69, 9.17) is 56.5 Å². The minimum atomic E-state index is -5.30. The van der Waals surface area contributed by atoms with E-state index >= 15 is 0 Å². The zero-order valence-electron chi connectivity index (χ0n) is 42.2. The van der Waals surface area contributed by atoms with Gasteiger partial charge in [0.1, 0.15) is 54.9 Å². The van der Waals surface area contributed by atoms with Gasteiger partial charge in [-0.25, -0.2) is 22.1 Å². The van der Waals surface area contributed by atoms with E-state index in [-0.39, 0.29) is 12.8 Å². The molecule has 15 N–H and O–H groups in total. The second kappa shape index (κ2) is 29.3. The van der Waals surface area contributed by atoms with Gasteiger partial charge in [0, 0.05) is 25.4 Å². The Bertz CT molecular complexity index is 2870. The maximum absolute atomic E-state index is 12.5. The fourth-order valence-corrected chi connectivity index (χ4v) is 12.1. The van der Waals surface area contributed by atoms with Gasteiger partial charge >= 0.3 is 74.0 Å². The van der Waals surface area contributed by atoms with Gasteiger partial charge in [0.25, 0.3) is 0 Å². The molecular formula is C35H61N3O39S6. The van der Waals surface area contributed by atoms with Crippen LogP contribution < -0.4 is 14.2 Å². The number of ether oxygens (including phenoxy) is 10. The number of carboxylic acids is 2. The third kappa shape index (κ3) is 22.6. The molecule has 5 heterocycles. The zero-order chi connectivity index (χ0) is 62.4. The number of methoxy groups -OCH3 is 1. The van der Waals surface area contributed by atoms with Gasteiger partial charge in [-0.2, -0.15) is 64.7 Å². The molecule has 0 saturated carbocycles. The predicted octanol–water partition coefficient (Wildman–Crippen LogP) is -8.71. The lowest BCUT2D eigenvalue weighted by Crippen LogP contribution is -2.66. The molecule has 21 atom stereocenters. The predicted molar refractivity (Wildman–Crippen MR) is 254 cm³/mol. The molecule has 0 aromatic carbocycles. The van der Waals surface area contributed by atoms with E-state index in [1.54, 1.807) is 9.44 Å². The van der Waals surface area contributed by atoms with Gasteiger partial charge in [-0.15, -0.1) is 0 Å². The highest BCUT2D eigenvalue weighted by atomic mass is 32.3. The molecule has 486 valence electrons. The summed E-state index contributed by atoms with van der Waals surface area (Å²) in [4.78, 5) is 25.1. The molecule has 0 aromatic rings. The van der Waals surface area contributed by atoms with Crippen molar-refractivity contribution < 1.29 is 178 Å². The average molecular weight is 1340 g/mol. The standard InChI is InChI=1S/C35H61N3O39S6/c1-65-35-26(38-80(53,54)55)29(42)32(22(74-35)12-70-83(62,63)64)76-23-3-2-13(30(75-23)33(43)44)6-66-8-18-15(36-78(47,48)49)4-17(19(71-18)10-68-81(56,57)58)73-24-5-16(39)14(31(77-24)34(45)46)7-67-9-20-25(37-79(50,51)52)28(41)27(40)21(72-20)11-69-82(59,60)61/h13-32,35-42H,2-12H2,1H3,(H,43,44)(H,45,46)(H,47,48,49)(H,50,51,52)(H,53,54,55)(H,56,57,58)(H,59,60,61)(H,62,63,64)/t13-,14+,15+,16+,17+,18-,19?,20-,21?,22?,23+,24-,25-,26+,27-,28?,29?,30?,31?,32-,35+/m1/s1. The van der Waals surface area contributed by atoms with E-state index < -0.39 is 261 Å². The van der Waals surface area contributed by atoms with Crippen LogP contribution in [0.2, 0.25) is 0 Å². The highest BCUT2D eigenvalue weighted by Crippen LogP contribution is 2.35. The van der Waals surface area contributed by atoms with Crippen molar-refractivity contribution in [2.45, 2.75) is 142 Å². The lowest BCUT2D eigenvalue weighted by atomic mass is 9.91. The van der Waals surface area contributed by atoms with E-state index in [1.165, 1.54) is 0 Å². The summed E-state index contributed by atoms with van der Waals surface area (Å²) in [7, 11) is -30.2. The van der Waals surface area contributed by atoms with Gasteiger partial charge in [-0.1, -0.05) is 0 Å². The molecule has 83 heavy (non-hydrogen) atoms. The number of carboxylic acid groups (broad SMARTS) is 2. The largest absolute Gasteiger partial charge is 0.479 e. The van der Waals surface area contributed by atoms with Crippen LogP contribution in [0, 0.1) is 11.8 Å². The molecule has 0 aromatic heterocycles. The lowest BCUT2D eigenvalue weighted by molar-refractivity contribution is -0.310. The van der Waals surface area contributed by atoms with E-state index in [2.05, 4.69) is 12.5 Å². The number of hydrogen-bond acceptors (Lipinski definition) is 31. The lowest BCUT2D eigenvalue weighted by Gasteiger charge is -2.45. The highest BCUT2D eigenvalue weighted by molar-refractivity contribution is 7.84. The Labute approximate surface area is 471 Å². The Balaban J connectivity index is 1.26. The molecule has 0 aliphatic carbocycles. The highest BCUT2D eigenvalue weighted by Gasteiger charge is 2.52. The Morgan fingerprint density at radius 2 is 1.00 bits per heavy atom. The second-order valence-electron chi connectivity index (χ2n) is 18.8. The number of aliphatic carboxylic acids is 2. The van der Waals surface area contributed by atoms with Crippen LogP contribution in [0.4, 0.5) is 0 Å². The second-order valence-corrected chi connectivity index (χ2v) is 25.6. The molecule has 0 amide bonds. The monoisotopic (exact) mass is 1340 g/mol. The first-order chi connectivity index (χ1) is 38.1. The van der Waals surface area contributed by atoms with Crippen LogP contribution in [0.15, 0.2) is 0 Å². The van der Waals surface area contributed by atoms with Crippen molar-refractivity contribution in [3.63, 3.8) is 0 Å². The first kappa shape index (κ1) is 71.4. The third-order valence-corrected chi connectivity index (χ3v) is 16.0. The van der Waals surface area contributed by atoms with E-state index in [1.807, 2.05) is 4.72 Å². The fraction of sp³-hybridized carbons (Fsp3) is 0.943. The quantitative estimate of drug-likeness (QED) is 0.0297.